The topological polar surface area (TPSA) is 72.4 Å². The van der Waals surface area contributed by atoms with Crippen molar-refractivity contribution in [1.29, 1.82) is 0 Å². The summed E-state index contributed by atoms with van der Waals surface area (Å²) in [7, 11) is 0. The Balaban J connectivity index is 1.85. The van der Waals surface area contributed by atoms with E-state index >= 15 is 0 Å². The largest absolute Gasteiger partial charge is 0.369 e. The molecule has 19 heavy (non-hydrogen) atoms. The molecular weight excluding hydrogens is 238 g/mol. The van der Waals surface area contributed by atoms with Gasteiger partial charge in [0.1, 0.15) is 0 Å². The average molecular weight is 259 g/mol. The molecule has 0 spiro atoms. The fourth-order valence-electron chi connectivity index (χ4n) is 3.46. The number of carbonyl (C=O) groups is 1. The number of likely N-dealkylation sites (tertiary alicyclic amines) is 1. The Hall–Kier alpha value is -1.39. The molecule has 4 nitrogen and oxygen atoms in total. The van der Waals surface area contributed by atoms with Crippen LogP contribution in [0.5, 0.6) is 0 Å². The second-order valence-corrected chi connectivity index (χ2v) is 6.13. The van der Waals surface area contributed by atoms with Crippen LogP contribution in [0.4, 0.5) is 0 Å². The number of nitrogens with zero attached hydrogens (tertiary/aromatic N) is 1. The van der Waals surface area contributed by atoms with Gasteiger partial charge in [-0.1, -0.05) is 24.3 Å². The summed E-state index contributed by atoms with van der Waals surface area (Å²) in [5, 5.41) is 0. The summed E-state index contributed by atoms with van der Waals surface area (Å²) in [5.41, 5.74) is 13.9. The highest BCUT2D eigenvalue weighted by atomic mass is 16.1. The van der Waals surface area contributed by atoms with Crippen LogP contribution in [0, 0.1) is 5.41 Å². The van der Waals surface area contributed by atoms with Crippen molar-refractivity contribution >= 4 is 5.91 Å². The van der Waals surface area contributed by atoms with Crippen molar-refractivity contribution in [1.82, 2.24) is 4.90 Å². The van der Waals surface area contributed by atoms with Gasteiger partial charge in [0.25, 0.3) is 0 Å². The molecule has 3 rings (SSSR count). The number of hydrogen-bond acceptors (Lipinski definition) is 3. The molecule has 0 saturated carbocycles. The van der Waals surface area contributed by atoms with Crippen LogP contribution in [0.3, 0.4) is 0 Å². The van der Waals surface area contributed by atoms with Crippen LogP contribution in [0.25, 0.3) is 0 Å². The molecule has 1 aromatic rings. The average Bonchev–Trinajstić information content (AvgIpc) is 2.93. The summed E-state index contributed by atoms with van der Waals surface area (Å²) in [4.78, 5) is 13.9. The Kier molecular flexibility index (Phi) is 2.87. The maximum Gasteiger partial charge on any atom is 0.224 e. The van der Waals surface area contributed by atoms with Gasteiger partial charge in [0.2, 0.25) is 5.91 Å². The van der Waals surface area contributed by atoms with Gasteiger partial charge in [0.05, 0.1) is 5.41 Å². The monoisotopic (exact) mass is 259 g/mol. The first-order valence-corrected chi connectivity index (χ1v) is 6.90. The van der Waals surface area contributed by atoms with Crippen LogP contribution in [-0.4, -0.2) is 23.9 Å². The number of hydrogen-bond donors (Lipinski definition) is 2. The fraction of sp³-hybridized carbons (Fsp3) is 0.533. The van der Waals surface area contributed by atoms with E-state index in [2.05, 4.69) is 23.1 Å². The van der Waals surface area contributed by atoms with E-state index in [9.17, 15) is 4.79 Å². The molecule has 1 aromatic carbocycles. The zero-order valence-electron chi connectivity index (χ0n) is 11.3. The maximum absolute atomic E-state index is 11.6. The van der Waals surface area contributed by atoms with Gasteiger partial charge < -0.3 is 11.5 Å². The number of carbonyl (C=O) groups excluding carboxylic acids is 1. The lowest BCUT2D eigenvalue weighted by atomic mass is 9.89. The minimum Gasteiger partial charge on any atom is -0.369 e. The predicted octanol–water partition coefficient (Wildman–Crippen LogP) is 1.33. The van der Waals surface area contributed by atoms with Crippen LogP contribution < -0.4 is 11.5 Å². The van der Waals surface area contributed by atoms with Crippen molar-refractivity contribution in [3.8, 4) is 0 Å². The van der Waals surface area contributed by atoms with E-state index in [1.54, 1.807) is 0 Å². The van der Waals surface area contributed by atoms with Crippen molar-refractivity contribution in [2.45, 2.75) is 31.8 Å². The number of nitrogens with two attached hydrogens (primary N) is 2. The predicted molar refractivity (Wildman–Crippen MR) is 74.2 cm³/mol. The van der Waals surface area contributed by atoms with Gasteiger partial charge in [0, 0.05) is 18.6 Å². The molecule has 1 aliphatic carbocycles. The van der Waals surface area contributed by atoms with Crippen LogP contribution in [0.1, 0.15) is 43.0 Å². The van der Waals surface area contributed by atoms with Crippen LogP contribution >= 0.6 is 0 Å². The SMILES string of the molecule is CC1(C(N)=O)CCN(C2CC(N)c3ccccc32)C1. The molecule has 0 aromatic heterocycles. The molecule has 3 atom stereocenters. The third-order valence-electron chi connectivity index (χ3n) is 4.77. The lowest BCUT2D eigenvalue weighted by molar-refractivity contribution is -0.126. The Morgan fingerprint density at radius 3 is 2.68 bits per heavy atom. The minimum absolute atomic E-state index is 0.113. The Labute approximate surface area is 113 Å². The summed E-state index contributed by atoms with van der Waals surface area (Å²) >= 11 is 0. The van der Waals surface area contributed by atoms with E-state index in [4.69, 9.17) is 11.5 Å². The molecule has 0 radical (unpaired) electrons. The quantitative estimate of drug-likeness (QED) is 0.841. The van der Waals surface area contributed by atoms with Gasteiger partial charge in [-0.05, 0) is 37.4 Å². The van der Waals surface area contributed by atoms with Gasteiger partial charge >= 0.3 is 0 Å². The standard InChI is InChI=1S/C15H21N3O/c1-15(14(17)19)6-7-18(9-15)13-8-12(16)10-4-2-3-5-11(10)13/h2-5,12-13H,6-9,16H2,1H3,(H2,17,19). The first-order chi connectivity index (χ1) is 9.01. The number of benzene rings is 1. The summed E-state index contributed by atoms with van der Waals surface area (Å²) in [6.45, 7) is 3.63. The van der Waals surface area contributed by atoms with E-state index in [-0.39, 0.29) is 17.4 Å². The van der Waals surface area contributed by atoms with Crippen molar-refractivity contribution in [3.63, 3.8) is 0 Å². The molecule has 1 amide bonds. The Morgan fingerprint density at radius 2 is 2.05 bits per heavy atom. The van der Waals surface area contributed by atoms with Crippen molar-refractivity contribution in [2.75, 3.05) is 13.1 Å². The maximum atomic E-state index is 11.6. The molecule has 2 aliphatic rings. The fourth-order valence-corrected chi connectivity index (χ4v) is 3.46. The van der Waals surface area contributed by atoms with E-state index in [0.717, 1.165) is 25.9 Å². The second-order valence-electron chi connectivity index (χ2n) is 6.13. The van der Waals surface area contributed by atoms with Gasteiger partial charge in [-0.25, -0.2) is 0 Å². The first kappa shape index (κ1) is 12.6. The third-order valence-corrected chi connectivity index (χ3v) is 4.77. The van der Waals surface area contributed by atoms with Gasteiger partial charge in [-0.2, -0.15) is 0 Å². The Morgan fingerprint density at radius 1 is 1.37 bits per heavy atom. The summed E-state index contributed by atoms with van der Waals surface area (Å²) in [5.74, 6) is -0.189. The molecule has 3 unspecified atom stereocenters. The Bertz CT molecular complexity index is 516. The van der Waals surface area contributed by atoms with E-state index in [1.165, 1.54) is 11.1 Å². The van der Waals surface area contributed by atoms with Gasteiger partial charge in [-0.15, -0.1) is 0 Å². The lowest BCUT2D eigenvalue weighted by Gasteiger charge is -2.27. The van der Waals surface area contributed by atoms with E-state index in [1.807, 2.05) is 13.0 Å². The second kappa shape index (κ2) is 4.32. The highest BCUT2D eigenvalue weighted by Gasteiger charge is 2.43. The third kappa shape index (κ3) is 1.95. The highest BCUT2D eigenvalue weighted by molar-refractivity contribution is 5.81. The smallest absolute Gasteiger partial charge is 0.224 e. The number of fused-ring (bicyclic) bond motifs is 1. The molecule has 0 bridgehead atoms. The highest BCUT2D eigenvalue weighted by Crippen LogP contribution is 2.44. The summed E-state index contributed by atoms with van der Waals surface area (Å²) in [6.07, 6.45) is 1.78. The number of amides is 1. The van der Waals surface area contributed by atoms with Gasteiger partial charge in [-0.3, -0.25) is 9.69 Å². The normalized spacial score (nSPS) is 34.4. The molecular formula is C15H21N3O. The van der Waals surface area contributed by atoms with E-state index < -0.39 is 0 Å². The van der Waals surface area contributed by atoms with Gasteiger partial charge in [0.15, 0.2) is 0 Å². The summed E-state index contributed by atoms with van der Waals surface area (Å²) < 4.78 is 0. The first-order valence-electron chi connectivity index (χ1n) is 6.90. The molecule has 1 saturated heterocycles. The molecule has 1 aliphatic heterocycles. The number of rotatable bonds is 2. The van der Waals surface area contributed by atoms with Crippen LogP contribution in [0.2, 0.25) is 0 Å². The van der Waals surface area contributed by atoms with Crippen molar-refractivity contribution < 1.29 is 4.79 Å². The van der Waals surface area contributed by atoms with Crippen LogP contribution in [-0.2, 0) is 4.79 Å². The molecule has 1 fully saturated rings. The van der Waals surface area contributed by atoms with Crippen molar-refractivity contribution in [2.24, 2.45) is 16.9 Å². The van der Waals surface area contributed by atoms with Crippen LogP contribution in [0.15, 0.2) is 24.3 Å². The molecule has 4 heteroatoms. The number of primary amides is 1. The summed E-state index contributed by atoms with van der Waals surface area (Å²) in [6, 6.07) is 8.83. The zero-order chi connectivity index (χ0) is 13.6. The molecule has 4 N–H and O–H groups in total. The molecule has 1 heterocycles. The zero-order valence-corrected chi connectivity index (χ0v) is 11.3. The van der Waals surface area contributed by atoms with E-state index in [0.29, 0.717) is 6.04 Å². The minimum atomic E-state index is -0.387. The molecule has 102 valence electrons. The lowest BCUT2D eigenvalue weighted by Crippen LogP contribution is -2.37. The van der Waals surface area contributed by atoms with Crippen molar-refractivity contribution in [3.05, 3.63) is 35.4 Å².